The molecule has 0 unspecified atom stereocenters. The van der Waals surface area contributed by atoms with Crippen LogP contribution in [0.5, 0.6) is 0 Å². The highest BCUT2D eigenvalue weighted by atomic mass is 15.5. The first kappa shape index (κ1) is 6.54. The Bertz CT molecular complexity index is 198. The fourth-order valence-corrected chi connectivity index (χ4v) is 0.536. The molecular formula is C6H8N4. The van der Waals surface area contributed by atoms with Gasteiger partial charge in [-0.2, -0.15) is 5.10 Å². The molecule has 0 bridgehead atoms. The fraction of sp³-hybridized carbons (Fsp3) is 0. The van der Waals surface area contributed by atoms with Crippen molar-refractivity contribution < 1.29 is 0 Å². The number of nitrogens with zero attached hydrogens (tertiary/aromatic N) is 2. The Morgan fingerprint density at radius 2 is 2.20 bits per heavy atom. The molecule has 1 aliphatic rings. The lowest BCUT2D eigenvalue weighted by atomic mass is 10.5. The second-order valence-corrected chi connectivity index (χ2v) is 1.72. The van der Waals surface area contributed by atoms with Crippen molar-refractivity contribution in [1.82, 2.24) is 5.01 Å². The molecular weight excluding hydrogens is 128 g/mol. The number of hydrogen-bond acceptors (Lipinski definition) is 2. The highest BCUT2D eigenvalue weighted by molar-refractivity contribution is 5.79. The molecule has 1 heterocycles. The Kier molecular flexibility index (Phi) is 1.84. The summed E-state index contributed by atoms with van der Waals surface area (Å²) in [7, 11) is 0. The van der Waals surface area contributed by atoms with Gasteiger partial charge >= 0.3 is 0 Å². The van der Waals surface area contributed by atoms with E-state index in [1.807, 2.05) is 6.08 Å². The van der Waals surface area contributed by atoms with Crippen LogP contribution in [0.3, 0.4) is 0 Å². The van der Waals surface area contributed by atoms with Gasteiger partial charge in [0.1, 0.15) is 0 Å². The number of rotatable bonds is 0. The van der Waals surface area contributed by atoms with Crippen LogP contribution >= 0.6 is 0 Å². The van der Waals surface area contributed by atoms with E-state index in [2.05, 4.69) is 5.10 Å². The number of guanidine groups is 1. The normalized spacial score (nSPS) is 15.4. The summed E-state index contributed by atoms with van der Waals surface area (Å²) in [5.41, 5.74) is 5.15. The number of hydrogen-bond donors (Lipinski definition) is 2. The monoisotopic (exact) mass is 136 g/mol. The average molecular weight is 136 g/mol. The molecule has 1 aliphatic heterocycles. The van der Waals surface area contributed by atoms with Gasteiger partial charge in [0.05, 0.1) is 0 Å². The van der Waals surface area contributed by atoms with Crippen LogP contribution in [0.25, 0.3) is 0 Å². The Balaban J connectivity index is 2.72. The van der Waals surface area contributed by atoms with Gasteiger partial charge in [-0.1, -0.05) is 6.08 Å². The first-order valence-electron chi connectivity index (χ1n) is 2.81. The molecule has 4 heteroatoms. The second kappa shape index (κ2) is 2.82. The lowest BCUT2D eigenvalue weighted by Gasteiger charge is -2.08. The van der Waals surface area contributed by atoms with Gasteiger partial charge in [-0.25, -0.2) is 5.01 Å². The third-order valence-electron chi connectivity index (χ3n) is 0.973. The summed E-state index contributed by atoms with van der Waals surface area (Å²) < 4.78 is 0. The van der Waals surface area contributed by atoms with E-state index in [0.717, 1.165) is 0 Å². The summed E-state index contributed by atoms with van der Waals surface area (Å²) >= 11 is 0. The summed E-state index contributed by atoms with van der Waals surface area (Å²) in [6, 6.07) is 0. The van der Waals surface area contributed by atoms with E-state index in [1.54, 1.807) is 24.6 Å². The molecule has 0 radical (unpaired) electrons. The zero-order chi connectivity index (χ0) is 7.40. The maximum Gasteiger partial charge on any atom is 0.213 e. The van der Waals surface area contributed by atoms with Crippen molar-refractivity contribution in [1.29, 1.82) is 5.41 Å². The van der Waals surface area contributed by atoms with Crippen molar-refractivity contribution in [3.63, 3.8) is 0 Å². The summed E-state index contributed by atoms with van der Waals surface area (Å²) in [5.74, 6) is -0.0869. The van der Waals surface area contributed by atoms with Crippen LogP contribution in [0.1, 0.15) is 0 Å². The van der Waals surface area contributed by atoms with Gasteiger partial charge in [0.25, 0.3) is 0 Å². The molecule has 0 spiro atoms. The zero-order valence-electron chi connectivity index (χ0n) is 5.36. The lowest BCUT2D eigenvalue weighted by Crippen LogP contribution is -2.27. The Morgan fingerprint density at radius 1 is 1.40 bits per heavy atom. The second-order valence-electron chi connectivity index (χ2n) is 1.72. The predicted octanol–water partition coefficient (Wildman–Crippen LogP) is 0.251. The Hall–Kier alpha value is -1.58. The molecule has 0 atom stereocenters. The minimum atomic E-state index is -0.0869. The minimum absolute atomic E-state index is 0.0869. The maximum atomic E-state index is 7.00. The van der Waals surface area contributed by atoms with Gasteiger partial charge < -0.3 is 5.73 Å². The average Bonchev–Trinajstić information content (AvgIpc) is 2.12. The summed E-state index contributed by atoms with van der Waals surface area (Å²) in [4.78, 5) is 0. The van der Waals surface area contributed by atoms with E-state index in [-0.39, 0.29) is 5.96 Å². The van der Waals surface area contributed by atoms with Crippen LogP contribution in [-0.2, 0) is 0 Å². The molecule has 4 nitrogen and oxygen atoms in total. The molecule has 1 rings (SSSR count). The molecule has 0 amide bonds. The SMILES string of the molecule is N=C(N)N1C=CC=CC=N1. The van der Waals surface area contributed by atoms with E-state index >= 15 is 0 Å². The number of nitrogens with one attached hydrogen (secondary N) is 1. The number of hydrazone groups is 1. The van der Waals surface area contributed by atoms with Gasteiger partial charge in [-0.3, -0.25) is 5.41 Å². The van der Waals surface area contributed by atoms with Gasteiger partial charge in [0.15, 0.2) is 0 Å². The zero-order valence-corrected chi connectivity index (χ0v) is 5.36. The summed E-state index contributed by atoms with van der Waals surface area (Å²) in [6.45, 7) is 0. The maximum absolute atomic E-state index is 7.00. The molecule has 0 saturated carbocycles. The summed E-state index contributed by atoms with van der Waals surface area (Å²) in [5, 5.41) is 12.1. The van der Waals surface area contributed by atoms with Crippen molar-refractivity contribution in [3.05, 3.63) is 24.4 Å². The largest absolute Gasteiger partial charge is 0.368 e. The van der Waals surface area contributed by atoms with Crippen molar-refractivity contribution in [3.8, 4) is 0 Å². The smallest absolute Gasteiger partial charge is 0.213 e. The Morgan fingerprint density at radius 3 is 2.90 bits per heavy atom. The van der Waals surface area contributed by atoms with Crippen LogP contribution in [0.2, 0.25) is 0 Å². The highest BCUT2D eigenvalue weighted by Crippen LogP contribution is 1.92. The Labute approximate surface area is 58.8 Å². The quantitative estimate of drug-likeness (QED) is 0.370. The molecule has 0 aliphatic carbocycles. The molecule has 0 aromatic rings. The molecule has 10 heavy (non-hydrogen) atoms. The van der Waals surface area contributed by atoms with Gasteiger partial charge in [-0.05, 0) is 12.2 Å². The molecule has 52 valence electrons. The molecule has 0 saturated heterocycles. The van der Waals surface area contributed by atoms with E-state index < -0.39 is 0 Å². The summed E-state index contributed by atoms with van der Waals surface area (Å²) in [6.07, 6.45) is 8.52. The lowest BCUT2D eigenvalue weighted by molar-refractivity contribution is 0.594. The molecule has 3 N–H and O–H groups in total. The van der Waals surface area contributed by atoms with E-state index in [9.17, 15) is 0 Å². The topological polar surface area (TPSA) is 65.5 Å². The van der Waals surface area contributed by atoms with Gasteiger partial charge in [-0.15, -0.1) is 0 Å². The van der Waals surface area contributed by atoms with Crippen molar-refractivity contribution >= 4 is 12.2 Å². The van der Waals surface area contributed by atoms with Crippen molar-refractivity contribution in [2.45, 2.75) is 0 Å². The van der Waals surface area contributed by atoms with Crippen LogP contribution in [0.15, 0.2) is 29.5 Å². The standard InChI is InChI=1S/C6H8N4/c7-6(8)10-5-3-1-2-4-9-10/h1-5H,(H3,7,8). The van der Waals surface area contributed by atoms with E-state index in [1.165, 1.54) is 5.01 Å². The number of allylic oxidation sites excluding steroid dienone is 3. The van der Waals surface area contributed by atoms with Gasteiger partial charge in [0.2, 0.25) is 5.96 Å². The van der Waals surface area contributed by atoms with Gasteiger partial charge in [0, 0.05) is 12.4 Å². The van der Waals surface area contributed by atoms with Crippen LogP contribution in [0.4, 0.5) is 0 Å². The van der Waals surface area contributed by atoms with Crippen LogP contribution < -0.4 is 5.73 Å². The number of nitrogens with two attached hydrogens (primary N) is 1. The van der Waals surface area contributed by atoms with Crippen molar-refractivity contribution in [2.24, 2.45) is 10.8 Å². The molecule has 0 fully saturated rings. The predicted molar refractivity (Wildman–Crippen MR) is 40.5 cm³/mol. The molecule has 0 aromatic heterocycles. The first-order chi connectivity index (χ1) is 4.80. The fourth-order valence-electron chi connectivity index (χ4n) is 0.536. The van der Waals surface area contributed by atoms with E-state index in [4.69, 9.17) is 11.1 Å². The third kappa shape index (κ3) is 1.45. The molecule has 0 aromatic carbocycles. The first-order valence-corrected chi connectivity index (χ1v) is 2.81. The van der Waals surface area contributed by atoms with Crippen LogP contribution in [-0.4, -0.2) is 17.2 Å². The highest BCUT2D eigenvalue weighted by Gasteiger charge is 1.96. The van der Waals surface area contributed by atoms with Crippen molar-refractivity contribution in [2.75, 3.05) is 0 Å². The minimum Gasteiger partial charge on any atom is -0.368 e. The van der Waals surface area contributed by atoms with Crippen LogP contribution in [0, 0.1) is 5.41 Å². The van der Waals surface area contributed by atoms with E-state index in [0.29, 0.717) is 0 Å². The third-order valence-corrected chi connectivity index (χ3v) is 0.973.